The van der Waals surface area contributed by atoms with Crippen molar-refractivity contribution in [2.75, 3.05) is 0 Å². The van der Waals surface area contributed by atoms with E-state index in [4.69, 9.17) is 4.42 Å². The third kappa shape index (κ3) is 5.25. The summed E-state index contributed by atoms with van der Waals surface area (Å²) in [5.74, 6) is -0.548. The molecule has 5 nitrogen and oxygen atoms in total. The van der Waals surface area contributed by atoms with Gasteiger partial charge < -0.3 is 15.1 Å². The van der Waals surface area contributed by atoms with Gasteiger partial charge in [-0.15, -0.1) is 0 Å². The average Bonchev–Trinajstić information content (AvgIpc) is 3.03. The fraction of sp³-hybridized carbons (Fsp3) is 0.294. The summed E-state index contributed by atoms with van der Waals surface area (Å²) >= 11 is 3.39. The lowest BCUT2D eigenvalue weighted by molar-refractivity contribution is -0.123. The molecular weight excluding hydrogens is 360 g/mol. The van der Waals surface area contributed by atoms with Crippen molar-refractivity contribution in [1.29, 1.82) is 0 Å². The first kappa shape index (κ1) is 17.3. The van der Waals surface area contributed by atoms with Crippen LogP contribution in [0, 0.1) is 0 Å². The van der Waals surface area contributed by atoms with Gasteiger partial charge in [0, 0.05) is 10.5 Å². The molecule has 0 saturated carbocycles. The number of furan rings is 1. The second-order valence-corrected chi connectivity index (χ2v) is 6.36. The van der Waals surface area contributed by atoms with E-state index in [9.17, 15) is 9.59 Å². The van der Waals surface area contributed by atoms with E-state index in [0.717, 1.165) is 16.5 Å². The highest BCUT2D eigenvalue weighted by atomic mass is 79.9. The highest BCUT2D eigenvalue weighted by molar-refractivity contribution is 9.10. The second kappa shape index (κ2) is 7.97. The summed E-state index contributed by atoms with van der Waals surface area (Å²) in [7, 11) is 0. The Labute approximate surface area is 143 Å². The largest absolute Gasteiger partial charge is 0.472 e. The van der Waals surface area contributed by atoms with E-state index in [1.165, 1.54) is 12.5 Å². The predicted molar refractivity (Wildman–Crippen MR) is 91.1 cm³/mol. The van der Waals surface area contributed by atoms with Gasteiger partial charge in [0.25, 0.3) is 5.91 Å². The van der Waals surface area contributed by atoms with E-state index in [-0.39, 0.29) is 17.9 Å². The molecule has 0 aliphatic heterocycles. The van der Waals surface area contributed by atoms with Crippen molar-refractivity contribution in [3.8, 4) is 0 Å². The molecule has 6 heteroatoms. The lowest BCUT2D eigenvalue weighted by atomic mass is 10.1. The molecule has 0 fully saturated rings. The average molecular weight is 379 g/mol. The Morgan fingerprint density at radius 3 is 2.43 bits per heavy atom. The van der Waals surface area contributed by atoms with E-state index in [1.807, 2.05) is 31.2 Å². The zero-order chi connectivity index (χ0) is 16.8. The smallest absolute Gasteiger partial charge is 0.255 e. The van der Waals surface area contributed by atoms with Crippen LogP contribution in [0.2, 0.25) is 0 Å². The maximum Gasteiger partial charge on any atom is 0.255 e. The van der Waals surface area contributed by atoms with Crippen LogP contribution in [-0.4, -0.2) is 23.9 Å². The first-order valence-corrected chi connectivity index (χ1v) is 8.13. The van der Waals surface area contributed by atoms with Crippen molar-refractivity contribution in [3.63, 3.8) is 0 Å². The fourth-order valence-corrected chi connectivity index (χ4v) is 2.40. The Kier molecular flexibility index (Phi) is 5.98. The molecule has 2 amide bonds. The minimum Gasteiger partial charge on any atom is -0.472 e. The minimum absolute atomic E-state index is 0.0306. The van der Waals surface area contributed by atoms with Crippen LogP contribution in [0.4, 0.5) is 0 Å². The fourth-order valence-electron chi connectivity index (χ4n) is 2.13. The Morgan fingerprint density at radius 2 is 1.83 bits per heavy atom. The van der Waals surface area contributed by atoms with Crippen molar-refractivity contribution in [2.24, 2.45) is 0 Å². The molecule has 0 spiro atoms. The van der Waals surface area contributed by atoms with Crippen molar-refractivity contribution in [2.45, 2.75) is 32.4 Å². The standard InChI is InChI=1S/C17H19BrN2O3/c1-11(9-13-3-5-15(18)6-4-13)19-16(21)12(2)20-17(22)14-7-8-23-10-14/h3-8,10-12H,9H2,1-2H3,(H,19,21)(H,20,22)/t11-,12+/m0/s1. The third-order valence-corrected chi connectivity index (χ3v) is 3.90. The van der Waals surface area contributed by atoms with E-state index in [2.05, 4.69) is 26.6 Å². The van der Waals surface area contributed by atoms with E-state index in [0.29, 0.717) is 5.56 Å². The molecule has 23 heavy (non-hydrogen) atoms. The molecule has 1 heterocycles. The molecular formula is C17H19BrN2O3. The molecule has 0 aliphatic rings. The van der Waals surface area contributed by atoms with Gasteiger partial charge in [-0.1, -0.05) is 28.1 Å². The summed E-state index contributed by atoms with van der Waals surface area (Å²) in [6.07, 6.45) is 3.48. The van der Waals surface area contributed by atoms with Gasteiger partial charge in [0.2, 0.25) is 5.91 Å². The number of hydrogen-bond donors (Lipinski definition) is 2. The lowest BCUT2D eigenvalue weighted by Crippen LogP contribution is -2.47. The number of benzene rings is 1. The minimum atomic E-state index is -0.621. The van der Waals surface area contributed by atoms with Crippen LogP contribution < -0.4 is 10.6 Å². The van der Waals surface area contributed by atoms with Gasteiger partial charge in [-0.05, 0) is 44.0 Å². The molecule has 0 unspecified atom stereocenters. The Hall–Kier alpha value is -2.08. The summed E-state index contributed by atoms with van der Waals surface area (Å²) < 4.78 is 5.87. The van der Waals surface area contributed by atoms with Gasteiger partial charge in [-0.3, -0.25) is 9.59 Å². The first-order valence-electron chi connectivity index (χ1n) is 7.33. The number of hydrogen-bond acceptors (Lipinski definition) is 3. The van der Waals surface area contributed by atoms with Gasteiger partial charge in [0.15, 0.2) is 0 Å². The van der Waals surface area contributed by atoms with E-state index >= 15 is 0 Å². The molecule has 0 bridgehead atoms. The van der Waals surface area contributed by atoms with Gasteiger partial charge in [-0.2, -0.15) is 0 Å². The monoisotopic (exact) mass is 378 g/mol. The topological polar surface area (TPSA) is 71.3 Å². The van der Waals surface area contributed by atoms with Gasteiger partial charge in [0.05, 0.1) is 11.8 Å². The van der Waals surface area contributed by atoms with Crippen molar-refractivity contribution in [1.82, 2.24) is 10.6 Å². The highest BCUT2D eigenvalue weighted by Crippen LogP contribution is 2.12. The maximum absolute atomic E-state index is 12.1. The Balaban J connectivity index is 1.82. The Bertz CT molecular complexity index is 653. The predicted octanol–water partition coefficient (Wildman–Crippen LogP) is 2.91. The molecule has 122 valence electrons. The van der Waals surface area contributed by atoms with Crippen LogP contribution in [0.5, 0.6) is 0 Å². The summed E-state index contributed by atoms with van der Waals surface area (Å²) in [5, 5.41) is 5.55. The summed E-state index contributed by atoms with van der Waals surface area (Å²) in [6, 6.07) is 8.86. The number of nitrogens with one attached hydrogen (secondary N) is 2. The Morgan fingerprint density at radius 1 is 1.13 bits per heavy atom. The molecule has 0 radical (unpaired) electrons. The van der Waals surface area contributed by atoms with Crippen LogP contribution in [0.25, 0.3) is 0 Å². The number of amides is 2. The highest BCUT2D eigenvalue weighted by Gasteiger charge is 2.18. The maximum atomic E-state index is 12.1. The third-order valence-electron chi connectivity index (χ3n) is 3.37. The van der Waals surface area contributed by atoms with Gasteiger partial charge >= 0.3 is 0 Å². The number of rotatable bonds is 6. The SMILES string of the molecule is C[C@@H](Cc1ccc(Br)cc1)NC(=O)[C@@H](C)NC(=O)c1ccoc1. The molecule has 2 aromatic rings. The molecule has 1 aromatic carbocycles. The number of carbonyl (C=O) groups is 2. The van der Waals surface area contributed by atoms with E-state index < -0.39 is 6.04 Å². The van der Waals surface area contributed by atoms with Crippen LogP contribution in [0.3, 0.4) is 0 Å². The summed E-state index contributed by atoms with van der Waals surface area (Å²) in [6.45, 7) is 3.59. The number of carbonyl (C=O) groups excluding carboxylic acids is 2. The lowest BCUT2D eigenvalue weighted by Gasteiger charge is -2.18. The van der Waals surface area contributed by atoms with Crippen LogP contribution >= 0.6 is 15.9 Å². The van der Waals surface area contributed by atoms with Crippen molar-refractivity contribution < 1.29 is 14.0 Å². The van der Waals surface area contributed by atoms with Crippen LogP contribution in [0.15, 0.2) is 51.7 Å². The van der Waals surface area contributed by atoms with Gasteiger partial charge in [-0.25, -0.2) is 0 Å². The zero-order valence-corrected chi connectivity index (χ0v) is 14.6. The molecule has 0 aliphatic carbocycles. The summed E-state index contributed by atoms with van der Waals surface area (Å²) in [5.41, 5.74) is 1.53. The first-order chi connectivity index (χ1) is 11.0. The normalized spacial score (nSPS) is 13.2. The molecule has 2 atom stereocenters. The van der Waals surface area contributed by atoms with Gasteiger partial charge in [0.1, 0.15) is 12.3 Å². The second-order valence-electron chi connectivity index (χ2n) is 5.45. The quantitative estimate of drug-likeness (QED) is 0.811. The number of halogens is 1. The van der Waals surface area contributed by atoms with Crippen LogP contribution in [0.1, 0.15) is 29.8 Å². The van der Waals surface area contributed by atoms with E-state index in [1.54, 1.807) is 13.0 Å². The summed E-state index contributed by atoms with van der Waals surface area (Å²) in [4.78, 5) is 24.0. The van der Waals surface area contributed by atoms with Crippen LogP contribution in [-0.2, 0) is 11.2 Å². The van der Waals surface area contributed by atoms with Crippen molar-refractivity contribution in [3.05, 3.63) is 58.5 Å². The molecule has 2 rings (SSSR count). The molecule has 0 saturated heterocycles. The molecule has 1 aromatic heterocycles. The van der Waals surface area contributed by atoms with Crippen molar-refractivity contribution >= 4 is 27.7 Å². The molecule has 2 N–H and O–H groups in total. The zero-order valence-electron chi connectivity index (χ0n) is 13.0.